The molecule has 4 nitrogen and oxygen atoms in total. The van der Waals surface area contributed by atoms with Crippen LogP contribution in [-0.2, 0) is 19.3 Å². The van der Waals surface area contributed by atoms with E-state index in [0.29, 0.717) is 16.5 Å². The molecule has 0 aliphatic heterocycles. The summed E-state index contributed by atoms with van der Waals surface area (Å²) < 4.78 is 52.1. The summed E-state index contributed by atoms with van der Waals surface area (Å²) in [6, 6.07) is 7.41. The Hall–Kier alpha value is -1.32. The van der Waals surface area contributed by atoms with Gasteiger partial charge in [-0.1, -0.05) is 28.1 Å². The lowest BCUT2D eigenvalue weighted by Crippen LogP contribution is -2.19. The fourth-order valence-electron chi connectivity index (χ4n) is 2.24. The molecule has 0 radical (unpaired) electrons. The van der Waals surface area contributed by atoms with Gasteiger partial charge in [-0.2, -0.15) is 8.78 Å². The zero-order chi connectivity index (χ0) is 18.0. The normalized spacial score (nSPS) is 12.3. The van der Waals surface area contributed by atoms with E-state index in [1.165, 1.54) is 32.0 Å². The van der Waals surface area contributed by atoms with E-state index in [4.69, 9.17) is 15.6 Å². The molecule has 2 rings (SSSR count). The van der Waals surface area contributed by atoms with Crippen LogP contribution in [0.1, 0.15) is 19.4 Å². The first-order valence-corrected chi connectivity index (χ1v) is 9.51. The van der Waals surface area contributed by atoms with Crippen LogP contribution in [0.3, 0.4) is 0 Å². The SMILES string of the molecule is [C-]#[N+]c1ccc2cc(C(F)(F)P(=O)(OCC)OCC)c(Br)cc2c1. The Labute approximate surface area is 147 Å². The number of benzene rings is 2. The first kappa shape index (κ1) is 19.0. The molecular formula is C16H15BrF2NO3P. The Kier molecular flexibility index (Phi) is 5.77. The van der Waals surface area contributed by atoms with Crippen LogP contribution in [0, 0.1) is 6.57 Å². The summed E-state index contributed by atoms with van der Waals surface area (Å²) in [7, 11) is -4.68. The van der Waals surface area contributed by atoms with E-state index in [9.17, 15) is 13.3 Å². The van der Waals surface area contributed by atoms with Gasteiger partial charge in [0.2, 0.25) is 0 Å². The van der Waals surface area contributed by atoms with Crippen LogP contribution < -0.4 is 0 Å². The number of alkyl halides is 2. The summed E-state index contributed by atoms with van der Waals surface area (Å²) in [5.41, 5.74) is -3.89. The Balaban J connectivity index is 2.63. The molecule has 0 N–H and O–H groups in total. The maximum atomic E-state index is 14.9. The number of hydrogen-bond acceptors (Lipinski definition) is 3. The van der Waals surface area contributed by atoms with E-state index < -0.39 is 18.8 Å². The highest BCUT2D eigenvalue weighted by Gasteiger charge is 2.55. The quantitative estimate of drug-likeness (QED) is 0.399. The molecule has 8 heteroatoms. The van der Waals surface area contributed by atoms with E-state index in [-0.39, 0.29) is 17.7 Å². The second-order valence-electron chi connectivity index (χ2n) is 4.85. The molecule has 0 aliphatic carbocycles. The van der Waals surface area contributed by atoms with E-state index >= 15 is 0 Å². The molecule has 0 amide bonds. The number of fused-ring (bicyclic) bond motifs is 1. The zero-order valence-electron chi connectivity index (χ0n) is 13.1. The van der Waals surface area contributed by atoms with Gasteiger partial charge in [0.15, 0.2) is 5.69 Å². The first-order valence-electron chi connectivity index (χ1n) is 7.17. The lowest BCUT2D eigenvalue weighted by molar-refractivity contribution is 0.0356. The van der Waals surface area contributed by atoms with Crippen LogP contribution in [0.4, 0.5) is 14.5 Å². The van der Waals surface area contributed by atoms with Gasteiger partial charge in [-0.15, -0.1) is 0 Å². The van der Waals surface area contributed by atoms with Gasteiger partial charge in [0.1, 0.15) is 0 Å². The Morgan fingerprint density at radius 1 is 1.17 bits per heavy atom. The largest absolute Gasteiger partial charge is 0.404 e. The van der Waals surface area contributed by atoms with Gasteiger partial charge >= 0.3 is 13.3 Å². The van der Waals surface area contributed by atoms with Gasteiger partial charge in [-0.3, -0.25) is 4.57 Å². The van der Waals surface area contributed by atoms with Crippen LogP contribution in [0.2, 0.25) is 0 Å². The molecule has 0 saturated heterocycles. The van der Waals surface area contributed by atoms with Crippen LogP contribution in [0.25, 0.3) is 15.6 Å². The fourth-order valence-corrected chi connectivity index (χ4v) is 4.57. The molecule has 2 aromatic carbocycles. The monoisotopic (exact) mass is 417 g/mol. The van der Waals surface area contributed by atoms with Crippen molar-refractivity contribution in [2.45, 2.75) is 19.5 Å². The maximum absolute atomic E-state index is 14.9. The van der Waals surface area contributed by atoms with Crippen LogP contribution in [0.5, 0.6) is 0 Å². The molecule has 0 unspecified atom stereocenters. The predicted octanol–water partition coefficient (Wildman–Crippen LogP) is 6.47. The van der Waals surface area contributed by atoms with Crippen molar-refractivity contribution >= 4 is 40.0 Å². The lowest BCUT2D eigenvalue weighted by Gasteiger charge is -2.27. The van der Waals surface area contributed by atoms with Crippen molar-refractivity contribution in [3.8, 4) is 0 Å². The average molecular weight is 418 g/mol. The number of hydrogen-bond donors (Lipinski definition) is 0. The standard InChI is InChI=1S/C16H15BrF2NO3P/c1-4-22-24(21,23-5-2)16(18,19)14-9-11-6-7-13(20-3)8-12(11)10-15(14)17/h6-10H,4-5H2,1-2H3. The second kappa shape index (κ2) is 7.28. The van der Waals surface area contributed by atoms with E-state index in [1.54, 1.807) is 12.1 Å². The molecule has 0 fully saturated rings. The van der Waals surface area contributed by atoms with Gasteiger partial charge in [-0.05, 0) is 42.8 Å². The third kappa shape index (κ3) is 3.38. The number of halogens is 3. The van der Waals surface area contributed by atoms with Crippen LogP contribution in [-0.4, -0.2) is 13.2 Å². The fraction of sp³-hybridized carbons (Fsp3) is 0.312. The number of rotatable bonds is 6. The highest BCUT2D eigenvalue weighted by molar-refractivity contribution is 9.10. The molecule has 0 saturated carbocycles. The van der Waals surface area contributed by atoms with Crippen molar-refractivity contribution in [1.82, 2.24) is 0 Å². The topological polar surface area (TPSA) is 39.9 Å². The van der Waals surface area contributed by atoms with E-state index in [2.05, 4.69) is 20.8 Å². The average Bonchev–Trinajstić information content (AvgIpc) is 2.53. The zero-order valence-corrected chi connectivity index (χ0v) is 15.5. The highest BCUT2D eigenvalue weighted by Crippen LogP contribution is 2.67. The van der Waals surface area contributed by atoms with Crippen LogP contribution in [0.15, 0.2) is 34.8 Å². The smallest absolute Gasteiger partial charge is 0.304 e. The minimum atomic E-state index is -4.68. The second-order valence-corrected chi connectivity index (χ2v) is 7.78. The van der Waals surface area contributed by atoms with Crippen molar-refractivity contribution in [3.63, 3.8) is 0 Å². The predicted molar refractivity (Wildman–Crippen MR) is 92.7 cm³/mol. The molecule has 0 aromatic heterocycles. The first-order chi connectivity index (χ1) is 11.3. The van der Waals surface area contributed by atoms with Gasteiger partial charge in [0.25, 0.3) is 0 Å². The maximum Gasteiger partial charge on any atom is 0.404 e. The molecule has 2 aromatic rings. The summed E-state index contributed by atoms with van der Waals surface area (Å²) >= 11 is 3.10. The Morgan fingerprint density at radius 3 is 2.33 bits per heavy atom. The minimum absolute atomic E-state index is 0.0711. The van der Waals surface area contributed by atoms with Crippen molar-refractivity contribution in [1.29, 1.82) is 0 Å². The Morgan fingerprint density at radius 2 is 1.79 bits per heavy atom. The van der Waals surface area contributed by atoms with Gasteiger partial charge in [0, 0.05) is 10.0 Å². The van der Waals surface area contributed by atoms with E-state index in [0.717, 1.165) is 0 Å². The Bertz CT molecular complexity index is 841. The highest BCUT2D eigenvalue weighted by atomic mass is 79.9. The summed E-state index contributed by atoms with van der Waals surface area (Å²) in [4.78, 5) is 3.31. The third-order valence-electron chi connectivity index (χ3n) is 3.30. The molecule has 0 bridgehead atoms. The number of nitrogens with zero attached hydrogens (tertiary/aromatic N) is 1. The van der Waals surface area contributed by atoms with Crippen molar-refractivity contribution < 1.29 is 22.4 Å². The lowest BCUT2D eigenvalue weighted by atomic mass is 10.1. The molecule has 128 valence electrons. The molecule has 0 heterocycles. The van der Waals surface area contributed by atoms with Crippen molar-refractivity contribution in [3.05, 3.63) is 51.8 Å². The van der Waals surface area contributed by atoms with Crippen LogP contribution >= 0.6 is 23.5 Å². The molecule has 0 atom stereocenters. The van der Waals surface area contributed by atoms with Gasteiger partial charge in [-0.25, -0.2) is 4.85 Å². The third-order valence-corrected chi connectivity index (χ3v) is 6.09. The minimum Gasteiger partial charge on any atom is -0.304 e. The van der Waals surface area contributed by atoms with Crippen molar-refractivity contribution in [2.75, 3.05) is 13.2 Å². The molecule has 24 heavy (non-hydrogen) atoms. The summed E-state index contributed by atoms with van der Waals surface area (Å²) in [6.45, 7) is 9.64. The molecular weight excluding hydrogens is 403 g/mol. The summed E-state index contributed by atoms with van der Waals surface area (Å²) in [5, 5.41) is 1.12. The van der Waals surface area contributed by atoms with E-state index in [1.807, 2.05) is 0 Å². The van der Waals surface area contributed by atoms with Gasteiger partial charge in [0.05, 0.1) is 19.8 Å². The molecule has 0 aliphatic rings. The molecule has 0 spiro atoms. The summed E-state index contributed by atoms with van der Waals surface area (Å²) in [5.74, 6) is 0. The van der Waals surface area contributed by atoms with Crippen molar-refractivity contribution in [2.24, 2.45) is 0 Å². The summed E-state index contributed by atoms with van der Waals surface area (Å²) in [6.07, 6.45) is 0. The van der Waals surface area contributed by atoms with Gasteiger partial charge < -0.3 is 9.05 Å².